The number of anilines is 1. The number of hydrogen-bond acceptors (Lipinski definition) is 3. The van der Waals surface area contributed by atoms with Crippen LogP contribution in [-0.4, -0.2) is 22.0 Å². The number of carbonyl (C=O) groups is 1. The highest BCUT2D eigenvalue weighted by atomic mass is 31.2. The van der Waals surface area contributed by atoms with E-state index in [2.05, 4.69) is 25.2 Å². The molecule has 0 spiro atoms. The predicted molar refractivity (Wildman–Crippen MR) is 111 cm³/mol. The number of aryl methyl sites for hydroxylation is 2. The monoisotopic (exact) mass is 405 g/mol. The van der Waals surface area contributed by atoms with E-state index in [-0.39, 0.29) is 11.8 Å². The first kappa shape index (κ1) is 22.2. The molecule has 2 aromatic rings. The maximum Gasteiger partial charge on any atom is 0.362 e. The van der Waals surface area contributed by atoms with Gasteiger partial charge in [-0.25, -0.2) is 0 Å². The van der Waals surface area contributed by atoms with Gasteiger partial charge in [-0.15, -0.1) is 0 Å². The van der Waals surface area contributed by atoms with Crippen LogP contribution in [0.3, 0.4) is 0 Å². The fourth-order valence-electron chi connectivity index (χ4n) is 3.18. The van der Waals surface area contributed by atoms with Crippen LogP contribution in [0, 0.1) is 13.8 Å². The first-order valence-electron chi connectivity index (χ1n) is 9.14. The lowest BCUT2D eigenvalue weighted by molar-refractivity contribution is -0.114. The molecule has 2 rings (SSSR count). The lowest BCUT2D eigenvalue weighted by Gasteiger charge is -2.17. The summed E-state index contributed by atoms with van der Waals surface area (Å²) >= 11 is 0. The van der Waals surface area contributed by atoms with Crippen molar-refractivity contribution in [3.8, 4) is 5.75 Å². The third-order valence-electron chi connectivity index (χ3n) is 4.50. The van der Waals surface area contributed by atoms with Crippen LogP contribution in [-0.2, 0) is 15.8 Å². The number of benzene rings is 2. The molecule has 0 saturated carbocycles. The molecule has 0 aliphatic heterocycles. The molecule has 152 valence electrons. The average molecular weight is 405 g/mol. The van der Waals surface area contributed by atoms with Crippen LogP contribution in [0.4, 0.5) is 5.69 Å². The first-order valence-corrected chi connectivity index (χ1v) is 10.9. The SMILES string of the molecule is CC(=O)Nc1ccc(Cc2c(C)cc(OCP(=O)(O)O)cc2C)cc1C(C)C. The Hall–Kier alpha value is -2.14. The summed E-state index contributed by atoms with van der Waals surface area (Å²) in [6, 6.07) is 9.66. The standard InChI is InChI=1S/C21H28NO5P/c1-13(2)19-10-17(6-7-21(19)22-16(5)23)11-20-14(3)8-18(9-15(20)4)27-12-28(24,25)26/h6-10,13H,11-12H2,1-5H3,(H,22,23)(H2,24,25,26). The van der Waals surface area contributed by atoms with Gasteiger partial charge in [0.1, 0.15) is 5.75 Å². The van der Waals surface area contributed by atoms with E-state index in [1.165, 1.54) is 6.92 Å². The van der Waals surface area contributed by atoms with E-state index in [4.69, 9.17) is 14.5 Å². The number of hydrogen-bond donors (Lipinski definition) is 3. The lowest BCUT2D eigenvalue weighted by atomic mass is 9.92. The van der Waals surface area contributed by atoms with Gasteiger partial charge in [0.25, 0.3) is 0 Å². The molecule has 28 heavy (non-hydrogen) atoms. The smallest absolute Gasteiger partial charge is 0.362 e. The van der Waals surface area contributed by atoms with E-state index in [9.17, 15) is 9.36 Å². The quantitative estimate of drug-likeness (QED) is 0.590. The largest absolute Gasteiger partial charge is 0.481 e. The molecule has 0 aliphatic rings. The van der Waals surface area contributed by atoms with Crippen LogP contribution in [0.5, 0.6) is 5.75 Å². The third-order valence-corrected chi connectivity index (χ3v) is 4.96. The molecule has 0 aliphatic carbocycles. The van der Waals surface area contributed by atoms with Crippen molar-refractivity contribution in [2.75, 3.05) is 11.7 Å². The van der Waals surface area contributed by atoms with E-state index < -0.39 is 13.9 Å². The van der Waals surface area contributed by atoms with Gasteiger partial charge >= 0.3 is 7.60 Å². The summed E-state index contributed by atoms with van der Waals surface area (Å²) in [6.07, 6.45) is 0.0874. The molecule has 2 aromatic carbocycles. The van der Waals surface area contributed by atoms with Gasteiger partial charge in [0, 0.05) is 12.6 Å². The van der Waals surface area contributed by atoms with Gasteiger partial charge in [-0.3, -0.25) is 9.36 Å². The van der Waals surface area contributed by atoms with Crippen molar-refractivity contribution in [1.82, 2.24) is 0 Å². The highest BCUT2D eigenvalue weighted by Gasteiger charge is 2.15. The summed E-state index contributed by atoms with van der Waals surface area (Å²) in [5.74, 6) is 0.630. The second kappa shape index (κ2) is 8.91. The number of rotatable bonds is 7. The number of carbonyl (C=O) groups excluding carboxylic acids is 1. The van der Waals surface area contributed by atoms with Crippen molar-refractivity contribution < 1.29 is 23.9 Å². The summed E-state index contributed by atoms with van der Waals surface area (Å²) in [5, 5.41) is 2.88. The Morgan fingerprint density at radius 2 is 1.75 bits per heavy atom. The molecule has 0 fully saturated rings. The van der Waals surface area contributed by atoms with Gasteiger partial charge in [0.2, 0.25) is 5.91 Å². The molecular formula is C21H28NO5P. The second-order valence-corrected chi connectivity index (χ2v) is 9.00. The van der Waals surface area contributed by atoms with Crippen molar-refractivity contribution in [3.05, 3.63) is 58.1 Å². The maximum absolute atomic E-state index is 11.4. The van der Waals surface area contributed by atoms with E-state index in [1.807, 2.05) is 26.0 Å². The first-order chi connectivity index (χ1) is 13.0. The summed E-state index contributed by atoms with van der Waals surface area (Å²) in [5.41, 5.74) is 6.19. The van der Waals surface area contributed by atoms with Crippen molar-refractivity contribution in [2.24, 2.45) is 0 Å². The van der Waals surface area contributed by atoms with Gasteiger partial charge < -0.3 is 19.8 Å². The van der Waals surface area contributed by atoms with E-state index in [0.29, 0.717) is 5.75 Å². The fraction of sp³-hybridized carbons (Fsp3) is 0.381. The topological polar surface area (TPSA) is 95.9 Å². The van der Waals surface area contributed by atoms with Gasteiger partial charge in [0.15, 0.2) is 6.35 Å². The number of nitrogens with one attached hydrogen (secondary N) is 1. The minimum absolute atomic E-state index is 0.0905. The van der Waals surface area contributed by atoms with Crippen molar-refractivity contribution in [2.45, 2.75) is 47.0 Å². The molecule has 0 aromatic heterocycles. The zero-order valence-electron chi connectivity index (χ0n) is 16.9. The predicted octanol–water partition coefficient (Wildman–Crippen LogP) is 4.49. The van der Waals surface area contributed by atoms with E-state index >= 15 is 0 Å². The fourth-order valence-corrected chi connectivity index (χ4v) is 3.50. The summed E-state index contributed by atoms with van der Waals surface area (Å²) in [7, 11) is -4.21. The van der Waals surface area contributed by atoms with Crippen LogP contribution in [0.2, 0.25) is 0 Å². The van der Waals surface area contributed by atoms with Crippen LogP contribution >= 0.6 is 7.60 Å². The summed E-state index contributed by atoms with van der Waals surface area (Å²) in [6.45, 7) is 9.60. The Morgan fingerprint density at radius 3 is 2.25 bits per heavy atom. The Bertz CT molecular complexity index is 894. The van der Waals surface area contributed by atoms with E-state index in [0.717, 1.165) is 39.9 Å². The summed E-state index contributed by atoms with van der Waals surface area (Å²) in [4.78, 5) is 29.4. The average Bonchev–Trinajstić information content (AvgIpc) is 2.56. The Morgan fingerprint density at radius 1 is 1.14 bits per heavy atom. The zero-order valence-corrected chi connectivity index (χ0v) is 17.8. The third kappa shape index (κ3) is 6.20. The molecule has 0 unspecified atom stereocenters. The van der Waals surface area contributed by atoms with Gasteiger partial charge in [-0.2, -0.15) is 0 Å². The molecule has 0 radical (unpaired) electrons. The second-order valence-electron chi connectivity index (χ2n) is 7.41. The van der Waals surface area contributed by atoms with Gasteiger partial charge in [0.05, 0.1) is 0 Å². The van der Waals surface area contributed by atoms with Gasteiger partial charge in [-0.1, -0.05) is 26.0 Å². The van der Waals surface area contributed by atoms with Crippen LogP contribution in [0.15, 0.2) is 30.3 Å². The van der Waals surface area contributed by atoms with Crippen LogP contribution < -0.4 is 10.1 Å². The van der Waals surface area contributed by atoms with Gasteiger partial charge in [-0.05, 0) is 72.2 Å². The summed E-state index contributed by atoms with van der Waals surface area (Å²) < 4.78 is 16.2. The molecule has 0 heterocycles. The van der Waals surface area contributed by atoms with Crippen molar-refractivity contribution in [3.63, 3.8) is 0 Å². The zero-order chi connectivity index (χ0) is 21.1. The van der Waals surface area contributed by atoms with Crippen LogP contribution in [0.1, 0.15) is 54.5 Å². The van der Waals surface area contributed by atoms with E-state index in [1.54, 1.807) is 12.1 Å². The highest BCUT2D eigenvalue weighted by Crippen LogP contribution is 2.35. The molecule has 0 atom stereocenters. The minimum Gasteiger partial charge on any atom is -0.481 e. The molecule has 7 heteroatoms. The molecule has 1 amide bonds. The molecule has 0 bridgehead atoms. The van der Waals surface area contributed by atoms with Crippen molar-refractivity contribution >= 4 is 19.2 Å². The maximum atomic E-state index is 11.4. The number of amides is 1. The Labute approximate surface area is 166 Å². The molecular weight excluding hydrogens is 377 g/mol. The lowest BCUT2D eigenvalue weighted by Crippen LogP contribution is -2.09. The Balaban J connectivity index is 2.28. The highest BCUT2D eigenvalue weighted by molar-refractivity contribution is 7.51. The van der Waals surface area contributed by atoms with Crippen LogP contribution in [0.25, 0.3) is 0 Å². The Kier molecular flexibility index (Phi) is 7.05. The number of ether oxygens (including phenoxy) is 1. The minimum atomic E-state index is -4.21. The molecule has 6 nitrogen and oxygen atoms in total. The molecule has 0 saturated heterocycles. The molecule has 3 N–H and O–H groups in total. The van der Waals surface area contributed by atoms with Crippen molar-refractivity contribution in [1.29, 1.82) is 0 Å². The normalized spacial score (nSPS) is 11.6.